The smallest absolute Gasteiger partial charge is 0.00180 e. The van der Waals surface area contributed by atoms with Gasteiger partial charge in [0.25, 0.3) is 0 Å². The van der Waals surface area contributed by atoms with Crippen molar-refractivity contribution >= 4 is 5.57 Å². The fourth-order valence-corrected chi connectivity index (χ4v) is 6.60. The molecule has 2 unspecified atom stereocenters. The van der Waals surface area contributed by atoms with E-state index in [0.717, 1.165) is 12.3 Å². The maximum Gasteiger partial charge on any atom is 0.00180 e. The van der Waals surface area contributed by atoms with E-state index in [4.69, 9.17) is 0 Å². The first kappa shape index (κ1) is 30.6. The Morgan fingerprint density at radius 1 is 0.921 bits per heavy atom. The molecular formula is C36H56N2. The Balaban J connectivity index is 0.00000195. The van der Waals surface area contributed by atoms with Crippen LogP contribution in [-0.2, 0) is 6.42 Å². The lowest BCUT2D eigenvalue weighted by molar-refractivity contribution is 0.156. The summed E-state index contributed by atoms with van der Waals surface area (Å²) in [7, 11) is 0. The maximum atomic E-state index is 4.53. The molecule has 2 heteroatoms. The van der Waals surface area contributed by atoms with Gasteiger partial charge < -0.3 is 9.80 Å². The van der Waals surface area contributed by atoms with Crippen LogP contribution < -0.4 is 0 Å². The lowest BCUT2D eigenvalue weighted by atomic mass is 9.84. The molecule has 1 aromatic carbocycles. The molecule has 0 amide bonds. The minimum absolute atomic E-state index is 0.565. The van der Waals surface area contributed by atoms with Crippen molar-refractivity contribution < 1.29 is 0 Å². The topological polar surface area (TPSA) is 6.48 Å². The van der Waals surface area contributed by atoms with Gasteiger partial charge in [0, 0.05) is 12.5 Å². The summed E-state index contributed by atoms with van der Waals surface area (Å²) in [6.07, 6.45) is 23.0. The molecule has 2 heterocycles. The fourth-order valence-electron chi connectivity index (χ4n) is 6.60. The zero-order chi connectivity index (χ0) is 27.2. The van der Waals surface area contributed by atoms with Gasteiger partial charge in [-0.2, -0.15) is 0 Å². The number of rotatable bonds is 11. The van der Waals surface area contributed by atoms with Crippen LogP contribution in [0.3, 0.4) is 0 Å². The number of nitrogens with zero attached hydrogens (tertiary/aromatic N) is 2. The molecule has 2 atom stereocenters. The number of hydrogen-bond acceptors (Lipinski definition) is 2. The second-order valence-electron chi connectivity index (χ2n) is 11.8. The first-order chi connectivity index (χ1) is 18.6. The fraction of sp³-hybridized carbons (Fsp3) is 0.611. The molecule has 1 aliphatic carbocycles. The number of piperidine rings is 2. The SMILES string of the molecule is C=C(CCCCN1CCCCC1)c1ccccc1CC1CCN(CC(C)C2C=CC=CC=C2C)CC1.CC. The van der Waals surface area contributed by atoms with Gasteiger partial charge in [0.05, 0.1) is 0 Å². The van der Waals surface area contributed by atoms with Gasteiger partial charge in [-0.05, 0) is 120 Å². The highest BCUT2D eigenvalue weighted by Crippen LogP contribution is 2.30. The van der Waals surface area contributed by atoms with Gasteiger partial charge in [0.2, 0.25) is 0 Å². The molecule has 1 aromatic rings. The minimum Gasteiger partial charge on any atom is -0.303 e. The molecule has 0 aromatic heterocycles. The Kier molecular flexibility index (Phi) is 13.7. The highest BCUT2D eigenvalue weighted by molar-refractivity contribution is 5.66. The van der Waals surface area contributed by atoms with E-state index in [-0.39, 0.29) is 0 Å². The average molecular weight is 517 g/mol. The van der Waals surface area contributed by atoms with E-state index in [1.54, 1.807) is 0 Å². The maximum absolute atomic E-state index is 4.53. The van der Waals surface area contributed by atoms with Crippen molar-refractivity contribution in [3.8, 4) is 0 Å². The number of likely N-dealkylation sites (tertiary alicyclic amines) is 2. The Bertz CT molecular complexity index is 909. The van der Waals surface area contributed by atoms with Crippen LogP contribution in [0.4, 0.5) is 0 Å². The molecule has 2 saturated heterocycles. The molecule has 2 aliphatic heterocycles. The van der Waals surface area contributed by atoms with Crippen LogP contribution in [-0.4, -0.2) is 49.1 Å². The molecule has 0 N–H and O–H groups in total. The van der Waals surface area contributed by atoms with E-state index in [9.17, 15) is 0 Å². The van der Waals surface area contributed by atoms with Crippen molar-refractivity contribution in [2.45, 2.75) is 85.5 Å². The molecule has 2 nitrogen and oxygen atoms in total. The van der Waals surface area contributed by atoms with Crippen molar-refractivity contribution in [2.24, 2.45) is 17.8 Å². The van der Waals surface area contributed by atoms with E-state index in [1.165, 1.54) is 113 Å². The van der Waals surface area contributed by atoms with Crippen LogP contribution in [0.2, 0.25) is 0 Å². The monoisotopic (exact) mass is 516 g/mol. The van der Waals surface area contributed by atoms with Crippen molar-refractivity contribution in [3.63, 3.8) is 0 Å². The summed E-state index contributed by atoms with van der Waals surface area (Å²) in [4.78, 5) is 5.38. The van der Waals surface area contributed by atoms with Gasteiger partial charge in [0.1, 0.15) is 0 Å². The minimum atomic E-state index is 0.565. The number of benzene rings is 1. The van der Waals surface area contributed by atoms with E-state index in [0.29, 0.717) is 11.8 Å². The van der Waals surface area contributed by atoms with Crippen LogP contribution in [0.5, 0.6) is 0 Å². The average Bonchev–Trinajstić information content (AvgIpc) is 3.18. The highest BCUT2D eigenvalue weighted by Gasteiger charge is 2.24. The Morgan fingerprint density at radius 2 is 1.66 bits per heavy atom. The summed E-state index contributed by atoms with van der Waals surface area (Å²) in [5.41, 5.74) is 5.81. The van der Waals surface area contributed by atoms with Crippen LogP contribution in [0, 0.1) is 17.8 Å². The third-order valence-corrected chi connectivity index (χ3v) is 8.85. The summed E-state index contributed by atoms with van der Waals surface area (Å²) in [6, 6.07) is 9.12. The molecule has 210 valence electrons. The Morgan fingerprint density at radius 3 is 2.42 bits per heavy atom. The van der Waals surface area contributed by atoms with Gasteiger partial charge in [-0.15, -0.1) is 0 Å². The van der Waals surface area contributed by atoms with Crippen molar-refractivity contribution in [1.29, 1.82) is 0 Å². The zero-order valence-electron chi connectivity index (χ0n) is 25.1. The standard InChI is InChI=1S/C34H50N2.C2H6/c1-28-14-6-4-7-17-33(28)30(3)27-36-24-19-31(20-25-36)26-32-16-8-9-18-34(32)29(2)15-10-13-23-35-21-11-5-12-22-35;1-2/h4,6-9,14,16-18,30-31,33H,2,5,10-13,15,19-27H2,1,3H3;1-2H3. The number of hydrogen-bond donors (Lipinski definition) is 0. The Labute approximate surface area is 235 Å². The summed E-state index contributed by atoms with van der Waals surface area (Å²) >= 11 is 0. The van der Waals surface area contributed by atoms with Crippen molar-refractivity contribution in [2.75, 3.05) is 39.3 Å². The predicted molar refractivity (Wildman–Crippen MR) is 169 cm³/mol. The number of unbranched alkanes of at least 4 members (excludes halogenated alkanes) is 1. The van der Waals surface area contributed by atoms with Gasteiger partial charge >= 0.3 is 0 Å². The third-order valence-electron chi connectivity index (χ3n) is 8.85. The lowest BCUT2D eigenvalue weighted by Gasteiger charge is -2.35. The summed E-state index contributed by atoms with van der Waals surface area (Å²) in [5, 5.41) is 0. The summed E-state index contributed by atoms with van der Waals surface area (Å²) in [5.74, 6) is 2.02. The van der Waals surface area contributed by atoms with Crippen LogP contribution in [0.15, 0.2) is 66.8 Å². The molecule has 3 aliphatic rings. The van der Waals surface area contributed by atoms with Gasteiger partial charge in [0.15, 0.2) is 0 Å². The molecule has 38 heavy (non-hydrogen) atoms. The Hall–Kier alpha value is -1.90. The van der Waals surface area contributed by atoms with E-state index in [2.05, 4.69) is 84.9 Å². The van der Waals surface area contributed by atoms with E-state index >= 15 is 0 Å². The second-order valence-corrected chi connectivity index (χ2v) is 11.8. The molecule has 0 bridgehead atoms. The number of allylic oxidation sites excluding steroid dienone is 7. The van der Waals surface area contributed by atoms with E-state index < -0.39 is 0 Å². The van der Waals surface area contributed by atoms with Crippen molar-refractivity contribution in [1.82, 2.24) is 9.80 Å². The summed E-state index contributed by atoms with van der Waals surface area (Å²) in [6.45, 7) is 20.8. The molecule has 0 radical (unpaired) electrons. The predicted octanol–water partition coefficient (Wildman–Crippen LogP) is 8.96. The molecule has 0 spiro atoms. The molecular weight excluding hydrogens is 460 g/mol. The van der Waals surface area contributed by atoms with Gasteiger partial charge in [-0.3, -0.25) is 0 Å². The van der Waals surface area contributed by atoms with Crippen LogP contribution in [0.1, 0.15) is 90.2 Å². The largest absolute Gasteiger partial charge is 0.303 e. The van der Waals surface area contributed by atoms with E-state index in [1.807, 2.05) is 13.8 Å². The molecule has 4 rings (SSSR count). The van der Waals surface area contributed by atoms with Crippen LogP contribution in [0.25, 0.3) is 5.57 Å². The first-order valence-electron chi connectivity index (χ1n) is 15.8. The second kappa shape index (κ2) is 16.9. The first-order valence-corrected chi connectivity index (χ1v) is 15.8. The van der Waals surface area contributed by atoms with Crippen molar-refractivity contribution in [3.05, 3.63) is 77.9 Å². The third kappa shape index (κ3) is 9.69. The summed E-state index contributed by atoms with van der Waals surface area (Å²) < 4.78 is 0. The van der Waals surface area contributed by atoms with Gasteiger partial charge in [-0.25, -0.2) is 0 Å². The lowest BCUT2D eigenvalue weighted by Crippen LogP contribution is -2.38. The normalized spacial score (nSPS) is 21.8. The highest BCUT2D eigenvalue weighted by atomic mass is 15.1. The molecule has 2 fully saturated rings. The quantitative estimate of drug-likeness (QED) is 0.271. The molecule has 0 saturated carbocycles. The van der Waals surface area contributed by atoms with Gasteiger partial charge in [-0.1, -0.05) is 94.0 Å². The van der Waals surface area contributed by atoms with Crippen LogP contribution >= 0.6 is 0 Å². The zero-order valence-corrected chi connectivity index (χ0v) is 25.1.